The summed E-state index contributed by atoms with van der Waals surface area (Å²) in [6, 6.07) is 6.39. The van der Waals surface area contributed by atoms with Crippen LogP contribution >= 0.6 is 19.9 Å². The van der Waals surface area contributed by atoms with Gasteiger partial charge in [0.2, 0.25) is 5.91 Å². The molecule has 3 aromatic rings. The van der Waals surface area contributed by atoms with Crippen molar-refractivity contribution in [1.29, 1.82) is 0 Å². The van der Waals surface area contributed by atoms with Crippen LogP contribution in [0.3, 0.4) is 0 Å². The lowest BCUT2D eigenvalue weighted by molar-refractivity contribution is -0.124. The largest absolute Gasteiger partial charge is 0.456 e. The van der Waals surface area contributed by atoms with Crippen LogP contribution in [0.5, 0.6) is 5.75 Å². The second-order valence-electron chi connectivity index (χ2n) is 7.63. The third-order valence-corrected chi connectivity index (χ3v) is 6.22. The molecule has 1 amide bonds. The zero-order valence-corrected chi connectivity index (χ0v) is 20.9. The number of carbonyl (C=O) groups is 1. The SMILES string of the molecule is COCC(NP(COCCn1cnc2c(N)ncnc21)Oc1ccc(Cl)cc1)C(=O)NC(C)C. The Morgan fingerprint density at radius 1 is 1.24 bits per heavy atom. The van der Waals surface area contributed by atoms with Crippen molar-refractivity contribution in [2.24, 2.45) is 0 Å². The van der Waals surface area contributed by atoms with Crippen molar-refractivity contribution in [1.82, 2.24) is 29.9 Å². The molecule has 0 radical (unpaired) electrons. The van der Waals surface area contributed by atoms with Crippen LogP contribution in [0, 0.1) is 0 Å². The van der Waals surface area contributed by atoms with Gasteiger partial charge in [0.1, 0.15) is 30.0 Å². The molecule has 2 heterocycles. The van der Waals surface area contributed by atoms with Gasteiger partial charge in [-0.3, -0.25) is 4.79 Å². The van der Waals surface area contributed by atoms with Gasteiger partial charge in [-0.05, 0) is 38.1 Å². The highest BCUT2D eigenvalue weighted by molar-refractivity contribution is 7.50. The molecule has 0 aliphatic heterocycles. The molecule has 0 fully saturated rings. The summed E-state index contributed by atoms with van der Waals surface area (Å²) in [7, 11) is 0.153. The number of hydrogen-bond donors (Lipinski definition) is 3. The Morgan fingerprint density at radius 2 is 2.00 bits per heavy atom. The fraction of sp³-hybridized carbons (Fsp3) is 0.429. The van der Waals surface area contributed by atoms with Crippen molar-refractivity contribution in [2.45, 2.75) is 32.5 Å². The Morgan fingerprint density at radius 3 is 2.71 bits per heavy atom. The van der Waals surface area contributed by atoms with Gasteiger partial charge in [0.15, 0.2) is 19.8 Å². The predicted molar refractivity (Wildman–Crippen MR) is 132 cm³/mol. The van der Waals surface area contributed by atoms with Crippen molar-refractivity contribution in [2.75, 3.05) is 32.4 Å². The van der Waals surface area contributed by atoms with E-state index >= 15 is 0 Å². The van der Waals surface area contributed by atoms with Crippen molar-refractivity contribution < 1.29 is 18.8 Å². The van der Waals surface area contributed by atoms with Crippen LogP contribution in [0.15, 0.2) is 36.9 Å². The molecule has 13 heteroatoms. The number of amides is 1. The number of benzene rings is 1. The summed E-state index contributed by atoms with van der Waals surface area (Å²) in [5, 5.41) is 6.74. The molecule has 1 aromatic carbocycles. The molecule has 0 aliphatic rings. The predicted octanol–water partition coefficient (Wildman–Crippen LogP) is 2.56. The van der Waals surface area contributed by atoms with E-state index < -0.39 is 14.3 Å². The van der Waals surface area contributed by atoms with Gasteiger partial charge in [-0.15, -0.1) is 0 Å². The Balaban J connectivity index is 1.63. The highest BCUT2D eigenvalue weighted by Crippen LogP contribution is 2.35. The number of ether oxygens (including phenoxy) is 2. The minimum atomic E-state index is -1.39. The molecule has 0 bridgehead atoms. The van der Waals surface area contributed by atoms with E-state index in [0.717, 1.165) is 0 Å². The number of hydrogen-bond acceptors (Lipinski definition) is 9. The maximum Gasteiger partial charge on any atom is 0.240 e. The van der Waals surface area contributed by atoms with Crippen LogP contribution in [-0.4, -0.2) is 64.2 Å². The van der Waals surface area contributed by atoms with Gasteiger partial charge in [0, 0.05) is 24.7 Å². The van der Waals surface area contributed by atoms with Crippen LogP contribution in [0.1, 0.15) is 13.8 Å². The van der Waals surface area contributed by atoms with Gasteiger partial charge < -0.3 is 29.6 Å². The molecule has 184 valence electrons. The first-order chi connectivity index (χ1) is 16.4. The molecule has 11 nitrogen and oxygen atoms in total. The Hall–Kier alpha value is -2.56. The van der Waals surface area contributed by atoms with Crippen LogP contribution in [0.25, 0.3) is 11.2 Å². The van der Waals surface area contributed by atoms with E-state index in [1.807, 2.05) is 18.4 Å². The van der Waals surface area contributed by atoms with Gasteiger partial charge >= 0.3 is 0 Å². The zero-order valence-electron chi connectivity index (χ0n) is 19.3. The smallest absolute Gasteiger partial charge is 0.240 e. The number of imidazole rings is 1. The number of aromatic nitrogens is 4. The number of nitrogens with two attached hydrogens (primary N) is 1. The Bertz CT molecular complexity index is 1070. The molecule has 4 N–H and O–H groups in total. The van der Waals surface area contributed by atoms with Crippen LogP contribution in [0.2, 0.25) is 5.02 Å². The minimum Gasteiger partial charge on any atom is -0.456 e. The van der Waals surface area contributed by atoms with Gasteiger partial charge in [-0.25, -0.2) is 20.0 Å². The summed E-state index contributed by atoms with van der Waals surface area (Å²) in [5.41, 5.74) is 7.03. The maximum absolute atomic E-state index is 12.6. The molecular formula is C21H29ClN7O4P. The van der Waals surface area contributed by atoms with Gasteiger partial charge in [-0.2, -0.15) is 0 Å². The first-order valence-electron chi connectivity index (χ1n) is 10.6. The molecule has 0 spiro atoms. The highest BCUT2D eigenvalue weighted by Gasteiger charge is 2.25. The van der Waals surface area contributed by atoms with E-state index in [2.05, 4.69) is 25.4 Å². The molecule has 3 rings (SSSR count). The quantitative estimate of drug-likeness (QED) is 0.234. The Kier molecular flexibility index (Phi) is 9.79. The van der Waals surface area contributed by atoms with Crippen LogP contribution in [-0.2, 0) is 20.8 Å². The number of nitrogens with one attached hydrogen (secondary N) is 2. The third-order valence-electron chi connectivity index (χ3n) is 4.52. The summed E-state index contributed by atoms with van der Waals surface area (Å²) in [6.45, 7) is 4.86. The Labute approximate surface area is 204 Å². The number of rotatable bonds is 13. The number of carbonyl (C=O) groups excluding carboxylic acids is 1. The van der Waals surface area contributed by atoms with Gasteiger partial charge in [0.25, 0.3) is 0 Å². The summed E-state index contributed by atoms with van der Waals surface area (Å²) in [5.74, 6) is 0.767. The van der Waals surface area contributed by atoms with Gasteiger partial charge in [-0.1, -0.05) is 11.6 Å². The van der Waals surface area contributed by atoms with Crippen molar-refractivity contribution in [3.05, 3.63) is 41.9 Å². The average Bonchev–Trinajstić information content (AvgIpc) is 3.21. The lowest BCUT2D eigenvalue weighted by atomic mass is 10.3. The van der Waals surface area contributed by atoms with Crippen LogP contribution in [0.4, 0.5) is 5.82 Å². The van der Waals surface area contributed by atoms with E-state index in [-0.39, 0.29) is 24.9 Å². The molecule has 2 aromatic heterocycles. The first-order valence-corrected chi connectivity index (χ1v) is 12.4. The standard InChI is InChI=1S/C21H29ClN7O4P/c1-14(2)27-21(30)17(10-31-3)28-34(33-16-6-4-15(22)5-7-16)13-32-9-8-29-12-26-18-19(23)24-11-25-20(18)29/h4-7,11-12,14,17,28H,8-10,13H2,1-3H3,(H,27,30)(H2,23,24,25). The lowest BCUT2D eigenvalue weighted by Crippen LogP contribution is -2.47. The second-order valence-corrected chi connectivity index (χ2v) is 9.52. The molecule has 2 unspecified atom stereocenters. The monoisotopic (exact) mass is 509 g/mol. The second kappa shape index (κ2) is 12.8. The fourth-order valence-corrected chi connectivity index (χ4v) is 4.50. The van der Waals surface area contributed by atoms with E-state index in [0.29, 0.717) is 40.9 Å². The van der Waals surface area contributed by atoms with E-state index in [4.69, 9.17) is 31.3 Å². The van der Waals surface area contributed by atoms with Gasteiger partial charge in [0.05, 0.1) is 19.5 Å². The molecule has 2 atom stereocenters. The summed E-state index contributed by atoms with van der Waals surface area (Å²) in [6.07, 6.45) is 3.28. The highest BCUT2D eigenvalue weighted by atomic mass is 35.5. The summed E-state index contributed by atoms with van der Waals surface area (Å²) in [4.78, 5) is 25.1. The first kappa shape index (κ1) is 26.1. The maximum atomic E-state index is 12.6. The number of anilines is 1. The number of halogens is 1. The lowest BCUT2D eigenvalue weighted by Gasteiger charge is -2.25. The molecular weight excluding hydrogens is 481 g/mol. The molecule has 0 saturated carbocycles. The summed E-state index contributed by atoms with van der Waals surface area (Å²) >= 11 is 5.98. The number of nitrogens with zero attached hydrogens (tertiary/aromatic N) is 4. The van der Waals surface area contributed by atoms with Crippen molar-refractivity contribution in [3.63, 3.8) is 0 Å². The molecule has 0 aliphatic carbocycles. The fourth-order valence-electron chi connectivity index (χ4n) is 2.98. The number of nitrogen functional groups attached to an aromatic ring is 1. The molecule has 34 heavy (non-hydrogen) atoms. The van der Waals surface area contributed by atoms with E-state index in [1.165, 1.54) is 6.33 Å². The van der Waals surface area contributed by atoms with E-state index in [9.17, 15) is 4.79 Å². The number of methoxy groups -OCH3 is 1. The normalized spacial score (nSPS) is 13.2. The minimum absolute atomic E-state index is 0.00355. The van der Waals surface area contributed by atoms with Crippen LogP contribution < -0.4 is 20.7 Å². The topological polar surface area (TPSA) is 138 Å². The van der Waals surface area contributed by atoms with Crippen molar-refractivity contribution >= 4 is 42.8 Å². The number of fused-ring (bicyclic) bond motifs is 1. The molecule has 0 saturated heterocycles. The summed E-state index contributed by atoms with van der Waals surface area (Å²) < 4.78 is 19.1. The van der Waals surface area contributed by atoms with Crippen molar-refractivity contribution in [3.8, 4) is 5.75 Å². The zero-order chi connectivity index (χ0) is 24.5. The third kappa shape index (κ3) is 7.48. The van der Waals surface area contributed by atoms with E-state index in [1.54, 1.807) is 37.7 Å². The average molecular weight is 510 g/mol.